The minimum atomic E-state index is 0.487. The molecule has 0 saturated heterocycles. The molecular weight excluding hydrogens is 206 g/mol. The van der Waals surface area contributed by atoms with Gasteiger partial charge in [-0.1, -0.05) is 49.4 Å². The summed E-state index contributed by atoms with van der Waals surface area (Å²) in [7, 11) is 2.19. The number of allylic oxidation sites excluding steroid dienone is 3. The maximum Gasteiger partial charge on any atom is 0.0478 e. The van der Waals surface area contributed by atoms with Gasteiger partial charge < -0.3 is 4.90 Å². The molecule has 2 atom stereocenters. The van der Waals surface area contributed by atoms with Crippen LogP contribution in [-0.4, -0.2) is 13.1 Å². The summed E-state index contributed by atoms with van der Waals surface area (Å²) >= 11 is 0. The summed E-state index contributed by atoms with van der Waals surface area (Å²) in [5, 5.41) is 0. The van der Waals surface area contributed by atoms with E-state index in [2.05, 4.69) is 74.4 Å². The number of hydrogen-bond acceptors (Lipinski definition) is 1. The van der Waals surface area contributed by atoms with Gasteiger partial charge in [0.05, 0.1) is 0 Å². The molecule has 1 aliphatic carbocycles. The molecule has 1 heteroatoms. The number of benzene rings is 1. The van der Waals surface area contributed by atoms with Crippen LogP contribution in [0.5, 0.6) is 0 Å². The van der Waals surface area contributed by atoms with Crippen LogP contribution >= 0.6 is 0 Å². The molecule has 1 aromatic rings. The van der Waals surface area contributed by atoms with E-state index in [0.29, 0.717) is 12.0 Å². The highest BCUT2D eigenvalue weighted by Gasteiger charge is 2.16. The lowest BCUT2D eigenvalue weighted by molar-refractivity contribution is 0.578. The summed E-state index contributed by atoms with van der Waals surface area (Å²) < 4.78 is 0. The Hall–Kier alpha value is -1.50. The second-order valence-corrected chi connectivity index (χ2v) is 4.95. The quantitative estimate of drug-likeness (QED) is 0.739. The third-order valence-corrected chi connectivity index (χ3v) is 3.49. The van der Waals surface area contributed by atoms with Crippen molar-refractivity contribution in [2.75, 3.05) is 11.9 Å². The predicted molar refractivity (Wildman–Crippen MR) is 75.4 cm³/mol. The van der Waals surface area contributed by atoms with Crippen LogP contribution in [0, 0.1) is 12.8 Å². The fraction of sp³-hybridized carbons (Fsp3) is 0.375. The zero-order valence-electron chi connectivity index (χ0n) is 10.9. The summed E-state index contributed by atoms with van der Waals surface area (Å²) in [6.07, 6.45) is 10.1. The van der Waals surface area contributed by atoms with Crippen LogP contribution in [0.2, 0.25) is 0 Å². The van der Waals surface area contributed by atoms with Crippen molar-refractivity contribution in [3.63, 3.8) is 0 Å². The lowest BCUT2D eigenvalue weighted by Gasteiger charge is -2.30. The van der Waals surface area contributed by atoms with Gasteiger partial charge in [-0.15, -0.1) is 0 Å². The van der Waals surface area contributed by atoms with Crippen LogP contribution in [0.25, 0.3) is 0 Å². The molecule has 0 radical (unpaired) electrons. The molecule has 1 nitrogen and oxygen atoms in total. The van der Waals surface area contributed by atoms with Crippen molar-refractivity contribution in [1.29, 1.82) is 0 Å². The number of anilines is 1. The van der Waals surface area contributed by atoms with E-state index in [0.717, 1.165) is 0 Å². The van der Waals surface area contributed by atoms with Crippen LogP contribution in [0.15, 0.2) is 48.6 Å². The molecule has 1 aliphatic rings. The Morgan fingerprint density at radius 2 is 1.82 bits per heavy atom. The fourth-order valence-electron chi connectivity index (χ4n) is 2.41. The first-order valence-corrected chi connectivity index (χ1v) is 6.32. The zero-order valence-corrected chi connectivity index (χ0v) is 10.9. The van der Waals surface area contributed by atoms with Gasteiger partial charge in [0, 0.05) is 18.8 Å². The Kier molecular flexibility index (Phi) is 3.68. The van der Waals surface area contributed by atoms with Gasteiger partial charge in [-0.05, 0) is 30.9 Å². The second-order valence-electron chi connectivity index (χ2n) is 4.95. The molecule has 0 aliphatic heterocycles. The third-order valence-electron chi connectivity index (χ3n) is 3.49. The van der Waals surface area contributed by atoms with Crippen molar-refractivity contribution in [2.24, 2.45) is 5.92 Å². The zero-order chi connectivity index (χ0) is 12.3. The maximum absolute atomic E-state index is 2.38. The molecule has 0 amide bonds. The molecule has 0 saturated carbocycles. The van der Waals surface area contributed by atoms with Crippen LogP contribution in [0.3, 0.4) is 0 Å². The highest BCUT2D eigenvalue weighted by Crippen LogP contribution is 2.24. The average Bonchev–Trinajstić information content (AvgIpc) is 2.54. The highest BCUT2D eigenvalue weighted by molar-refractivity contribution is 5.54. The summed E-state index contributed by atoms with van der Waals surface area (Å²) in [6, 6.07) is 9.07. The van der Waals surface area contributed by atoms with E-state index in [1.165, 1.54) is 17.7 Å². The van der Waals surface area contributed by atoms with E-state index in [-0.39, 0.29) is 0 Å². The van der Waals surface area contributed by atoms with Gasteiger partial charge in [0.15, 0.2) is 0 Å². The van der Waals surface area contributed by atoms with Crippen LogP contribution in [0.4, 0.5) is 5.69 Å². The first-order valence-electron chi connectivity index (χ1n) is 6.32. The van der Waals surface area contributed by atoms with Crippen LogP contribution < -0.4 is 4.90 Å². The summed E-state index contributed by atoms with van der Waals surface area (Å²) in [5.74, 6) is 0.640. The molecule has 17 heavy (non-hydrogen) atoms. The molecule has 90 valence electrons. The highest BCUT2D eigenvalue weighted by atomic mass is 15.1. The molecular formula is C16H21N. The van der Waals surface area contributed by atoms with E-state index in [1.54, 1.807) is 0 Å². The maximum atomic E-state index is 2.38. The predicted octanol–water partition coefficient (Wildman–Crippen LogP) is 3.95. The van der Waals surface area contributed by atoms with E-state index in [4.69, 9.17) is 0 Å². The van der Waals surface area contributed by atoms with E-state index in [9.17, 15) is 0 Å². The van der Waals surface area contributed by atoms with Gasteiger partial charge >= 0.3 is 0 Å². The molecule has 0 spiro atoms. The number of likely N-dealkylation sites (N-methyl/N-ethyl adjacent to an activating group) is 1. The Morgan fingerprint density at radius 1 is 1.12 bits per heavy atom. The number of nitrogens with zero attached hydrogens (tertiary/aromatic N) is 1. The monoisotopic (exact) mass is 227 g/mol. The number of para-hydroxylation sites is 1. The van der Waals surface area contributed by atoms with Gasteiger partial charge in [0.1, 0.15) is 0 Å². The van der Waals surface area contributed by atoms with Crippen molar-refractivity contribution in [3.05, 3.63) is 54.1 Å². The van der Waals surface area contributed by atoms with Crippen LogP contribution in [-0.2, 0) is 0 Å². The van der Waals surface area contributed by atoms with Crippen molar-refractivity contribution >= 4 is 5.69 Å². The van der Waals surface area contributed by atoms with Crippen molar-refractivity contribution in [1.82, 2.24) is 0 Å². The van der Waals surface area contributed by atoms with Crippen molar-refractivity contribution in [2.45, 2.75) is 26.3 Å². The Bertz CT molecular complexity index is 431. The number of hydrogen-bond donors (Lipinski definition) is 0. The summed E-state index contributed by atoms with van der Waals surface area (Å²) in [4.78, 5) is 2.38. The smallest absolute Gasteiger partial charge is 0.0478 e. The minimum absolute atomic E-state index is 0.487. The molecule has 0 heterocycles. The Morgan fingerprint density at radius 3 is 2.59 bits per heavy atom. The van der Waals surface area contributed by atoms with Crippen molar-refractivity contribution in [3.8, 4) is 0 Å². The topological polar surface area (TPSA) is 3.24 Å². The van der Waals surface area contributed by atoms with Gasteiger partial charge in [-0.3, -0.25) is 0 Å². The summed E-state index contributed by atoms with van der Waals surface area (Å²) in [6.45, 7) is 4.45. The first kappa shape index (κ1) is 12.0. The number of aryl methyl sites for hydroxylation is 1. The molecule has 1 aromatic carbocycles. The average molecular weight is 227 g/mol. The normalized spacial score (nSPS) is 23.5. The van der Waals surface area contributed by atoms with Gasteiger partial charge in [0.2, 0.25) is 0 Å². The standard InChI is InChI=1S/C16H21N/c1-13-8-4-6-10-15(12-13)17(3)16-11-7-5-9-14(16)2/h4-11,13,15H,12H2,1-3H3. The number of rotatable bonds is 2. The Labute approximate surface area is 104 Å². The first-order chi connectivity index (χ1) is 8.18. The van der Waals surface area contributed by atoms with E-state index in [1.807, 2.05) is 0 Å². The molecule has 2 rings (SSSR count). The third kappa shape index (κ3) is 2.79. The van der Waals surface area contributed by atoms with Gasteiger partial charge in [-0.2, -0.15) is 0 Å². The molecule has 0 bridgehead atoms. The SMILES string of the molecule is Cc1ccccc1N(C)C1C=CC=CC(C)C1. The Balaban J connectivity index is 2.20. The molecule has 0 fully saturated rings. The van der Waals surface area contributed by atoms with E-state index < -0.39 is 0 Å². The molecule has 0 N–H and O–H groups in total. The molecule has 2 unspecified atom stereocenters. The minimum Gasteiger partial charge on any atom is -0.368 e. The largest absolute Gasteiger partial charge is 0.368 e. The fourth-order valence-corrected chi connectivity index (χ4v) is 2.41. The summed E-state index contributed by atoms with van der Waals surface area (Å²) in [5.41, 5.74) is 2.67. The van der Waals surface area contributed by atoms with Gasteiger partial charge in [-0.25, -0.2) is 0 Å². The lowest BCUT2D eigenvalue weighted by atomic mass is 10.0. The van der Waals surface area contributed by atoms with Gasteiger partial charge in [0.25, 0.3) is 0 Å². The second kappa shape index (κ2) is 5.22. The van der Waals surface area contributed by atoms with E-state index >= 15 is 0 Å². The van der Waals surface area contributed by atoms with Crippen molar-refractivity contribution < 1.29 is 0 Å². The molecule has 0 aromatic heterocycles. The van der Waals surface area contributed by atoms with Crippen LogP contribution in [0.1, 0.15) is 18.9 Å². The lowest BCUT2D eigenvalue weighted by Crippen LogP contribution is -2.31.